The van der Waals surface area contributed by atoms with Gasteiger partial charge in [0.25, 0.3) is 5.91 Å². The summed E-state index contributed by atoms with van der Waals surface area (Å²) in [6.45, 7) is 4.34. The van der Waals surface area contributed by atoms with Crippen LogP contribution in [-0.2, 0) is 16.1 Å². The second-order valence-corrected chi connectivity index (χ2v) is 6.25. The Morgan fingerprint density at radius 2 is 2.04 bits per heavy atom. The van der Waals surface area contributed by atoms with E-state index in [-0.39, 0.29) is 18.5 Å². The minimum Gasteiger partial charge on any atom is -0.385 e. The van der Waals surface area contributed by atoms with Crippen LogP contribution in [0.5, 0.6) is 0 Å². The molecule has 0 aromatic carbocycles. The predicted molar refractivity (Wildman–Crippen MR) is 83.0 cm³/mol. The number of imide groups is 1. The number of nitrogens with zero attached hydrogens (tertiary/aromatic N) is 4. The maximum absolute atomic E-state index is 13.1. The fraction of sp³-hybridized carbons (Fsp3) is 0.733. The molecule has 2 fully saturated rings. The lowest BCUT2D eigenvalue weighted by molar-refractivity contribution is -0.135. The van der Waals surface area contributed by atoms with Crippen LogP contribution < -0.4 is 5.32 Å². The average molecular weight is 337 g/mol. The largest absolute Gasteiger partial charge is 0.385 e. The molecule has 1 spiro atoms. The number of carbonyl (C=O) groups is 2. The van der Waals surface area contributed by atoms with Crippen LogP contribution in [0.2, 0.25) is 0 Å². The molecule has 3 heterocycles. The predicted octanol–water partition coefficient (Wildman–Crippen LogP) is 0.301. The van der Waals surface area contributed by atoms with E-state index in [1.807, 2.05) is 0 Å². The SMILES string of the molecule is COCCCN1C(=O)N(Cc2nonc2C)C(=O)C12CCNCC2. The van der Waals surface area contributed by atoms with Gasteiger partial charge in [0.05, 0.1) is 6.54 Å². The Balaban J connectivity index is 1.84. The molecular formula is C15H23N5O4. The van der Waals surface area contributed by atoms with E-state index in [1.165, 1.54) is 4.90 Å². The fourth-order valence-corrected chi connectivity index (χ4v) is 3.47. The summed E-state index contributed by atoms with van der Waals surface area (Å²) in [5.74, 6) is -0.145. The zero-order chi connectivity index (χ0) is 17.2. The summed E-state index contributed by atoms with van der Waals surface area (Å²) in [6, 6.07) is -0.264. The first kappa shape index (κ1) is 16.8. The summed E-state index contributed by atoms with van der Waals surface area (Å²) in [4.78, 5) is 29.0. The third-order valence-electron chi connectivity index (χ3n) is 4.84. The monoisotopic (exact) mass is 337 g/mol. The Bertz CT molecular complexity index is 611. The normalized spacial score (nSPS) is 20.4. The zero-order valence-electron chi connectivity index (χ0n) is 14.1. The van der Waals surface area contributed by atoms with Crippen LogP contribution in [-0.4, -0.2) is 70.9 Å². The van der Waals surface area contributed by atoms with Gasteiger partial charge in [-0.3, -0.25) is 9.69 Å². The van der Waals surface area contributed by atoms with Crippen molar-refractivity contribution >= 4 is 11.9 Å². The molecule has 0 radical (unpaired) electrons. The van der Waals surface area contributed by atoms with E-state index in [0.717, 1.165) is 13.1 Å². The molecule has 3 rings (SSSR count). The summed E-state index contributed by atoms with van der Waals surface area (Å²) in [6.07, 6.45) is 1.94. The number of methoxy groups -OCH3 is 1. The quantitative estimate of drug-likeness (QED) is 0.588. The Hall–Kier alpha value is -2.00. The summed E-state index contributed by atoms with van der Waals surface area (Å²) < 4.78 is 9.77. The van der Waals surface area contributed by atoms with Crippen molar-refractivity contribution in [2.45, 2.75) is 38.3 Å². The number of aromatic nitrogens is 2. The zero-order valence-corrected chi connectivity index (χ0v) is 14.1. The van der Waals surface area contributed by atoms with Gasteiger partial charge in [0.15, 0.2) is 0 Å². The fourth-order valence-electron chi connectivity index (χ4n) is 3.47. The van der Waals surface area contributed by atoms with Crippen molar-refractivity contribution < 1.29 is 19.0 Å². The molecule has 9 nitrogen and oxygen atoms in total. The van der Waals surface area contributed by atoms with E-state index in [2.05, 4.69) is 20.3 Å². The average Bonchev–Trinajstić information content (AvgIpc) is 3.07. The van der Waals surface area contributed by atoms with Crippen molar-refractivity contribution in [2.75, 3.05) is 33.4 Å². The third-order valence-corrected chi connectivity index (χ3v) is 4.84. The van der Waals surface area contributed by atoms with E-state index in [9.17, 15) is 9.59 Å². The molecule has 2 aliphatic heterocycles. The molecule has 0 unspecified atom stereocenters. The van der Waals surface area contributed by atoms with Crippen LogP contribution in [0.1, 0.15) is 30.7 Å². The minimum absolute atomic E-state index is 0.100. The van der Waals surface area contributed by atoms with Gasteiger partial charge < -0.3 is 15.0 Å². The van der Waals surface area contributed by atoms with Crippen LogP contribution in [0.4, 0.5) is 4.79 Å². The Morgan fingerprint density at radius 1 is 1.29 bits per heavy atom. The van der Waals surface area contributed by atoms with Crippen LogP contribution >= 0.6 is 0 Å². The smallest absolute Gasteiger partial charge is 0.328 e. The molecule has 1 aromatic rings. The highest BCUT2D eigenvalue weighted by atomic mass is 16.6. The van der Waals surface area contributed by atoms with Gasteiger partial charge in [0.1, 0.15) is 16.9 Å². The van der Waals surface area contributed by atoms with Gasteiger partial charge in [-0.05, 0) is 39.3 Å². The van der Waals surface area contributed by atoms with Crippen molar-refractivity contribution in [3.63, 3.8) is 0 Å². The molecule has 132 valence electrons. The van der Waals surface area contributed by atoms with E-state index in [0.29, 0.717) is 43.8 Å². The van der Waals surface area contributed by atoms with Gasteiger partial charge in [-0.2, -0.15) is 0 Å². The minimum atomic E-state index is -0.749. The molecule has 3 amide bonds. The number of carbonyl (C=O) groups excluding carboxylic acids is 2. The lowest BCUT2D eigenvalue weighted by Gasteiger charge is -2.38. The molecule has 0 atom stereocenters. The Kier molecular flexibility index (Phi) is 4.81. The van der Waals surface area contributed by atoms with E-state index >= 15 is 0 Å². The van der Waals surface area contributed by atoms with Gasteiger partial charge in [-0.25, -0.2) is 9.42 Å². The number of amides is 3. The molecule has 2 saturated heterocycles. The number of ether oxygens (including phenoxy) is 1. The molecule has 0 bridgehead atoms. The molecule has 1 aromatic heterocycles. The number of aryl methyl sites for hydroxylation is 1. The van der Waals surface area contributed by atoms with E-state index < -0.39 is 5.54 Å². The topological polar surface area (TPSA) is 101 Å². The van der Waals surface area contributed by atoms with Crippen molar-refractivity contribution in [1.82, 2.24) is 25.4 Å². The second-order valence-electron chi connectivity index (χ2n) is 6.25. The van der Waals surface area contributed by atoms with Crippen LogP contribution in [0, 0.1) is 6.92 Å². The summed E-state index contributed by atoms with van der Waals surface area (Å²) in [7, 11) is 1.63. The lowest BCUT2D eigenvalue weighted by Crippen LogP contribution is -2.56. The second kappa shape index (κ2) is 6.86. The Labute approximate surface area is 140 Å². The first-order valence-corrected chi connectivity index (χ1v) is 8.21. The highest BCUT2D eigenvalue weighted by Gasteiger charge is 2.57. The first-order chi connectivity index (χ1) is 11.6. The number of hydrogen-bond donors (Lipinski definition) is 1. The molecule has 9 heteroatoms. The maximum atomic E-state index is 13.1. The van der Waals surface area contributed by atoms with Crippen molar-refractivity contribution in [1.29, 1.82) is 0 Å². The standard InChI is InChI=1S/C15H23N5O4/c1-11-12(18-24-17-11)10-19-13(21)15(4-6-16-7-5-15)20(14(19)22)8-3-9-23-2/h16H,3-10H2,1-2H3. The summed E-state index contributed by atoms with van der Waals surface area (Å²) >= 11 is 0. The Morgan fingerprint density at radius 3 is 2.67 bits per heavy atom. The van der Waals surface area contributed by atoms with Gasteiger partial charge in [-0.1, -0.05) is 10.3 Å². The highest BCUT2D eigenvalue weighted by molar-refractivity contribution is 6.07. The van der Waals surface area contributed by atoms with Crippen molar-refractivity contribution in [2.24, 2.45) is 0 Å². The van der Waals surface area contributed by atoms with Crippen LogP contribution in [0.3, 0.4) is 0 Å². The first-order valence-electron chi connectivity index (χ1n) is 8.21. The number of urea groups is 1. The van der Waals surface area contributed by atoms with Gasteiger partial charge >= 0.3 is 6.03 Å². The number of nitrogens with one attached hydrogen (secondary N) is 1. The number of hydrogen-bond acceptors (Lipinski definition) is 7. The summed E-state index contributed by atoms with van der Waals surface area (Å²) in [5, 5.41) is 10.8. The lowest BCUT2D eigenvalue weighted by atomic mass is 9.86. The third kappa shape index (κ3) is 2.78. The number of piperidine rings is 1. The number of rotatable bonds is 6. The van der Waals surface area contributed by atoms with Crippen molar-refractivity contribution in [3.05, 3.63) is 11.4 Å². The highest BCUT2D eigenvalue weighted by Crippen LogP contribution is 2.36. The molecule has 2 aliphatic rings. The molecule has 1 N–H and O–H groups in total. The molecular weight excluding hydrogens is 314 g/mol. The van der Waals surface area contributed by atoms with Crippen LogP contribution in [0.25, 0.3) is 0 Å². The van der Waals surface area contributed by atoms with Gasteiger partial charge in [0, 0.05) is 20.3 Å². The van der Waals surface area contributed by atoms with Crippen molar-refractivity contribution in [3.8, 4) is 0 Å². The van der Waals surface area contributed by atoms with Crippen LogP contribution in [0.15, 0.2) is 4.63 Å². The van der Waals surface area contributed by atoms with Gasteiger partial charge in [-0.15, -0.1) is 0 Å². The molecule has 0 saturated carbocycles. The summed E-state index contributed by atoms with van der Waals surface area (Å²) in [5.41, 5.74) is 0.355. The molecule has 0 aliphatic carbocycles. The molecule has 24 heavy (non-hydrogen) atoms. The van der Waals surface area contributed by atoms with E-state index in [4.69, 9.17) is 4.74 Å². The van der Waals surface area contributed by atoms with Gasteiger partial charge in [0.2, 0.25) is 0 Å². The maximum Gasteiger partial charge on any atom is 0.328 e. The van der Waals surface area contributed by atoms with E-state index in [1.54, 1.807) is 18.9 Å².